The van der Waals surface area contributed by atoms with Gasteiger partial charge in [0.15, 0.2) is 0 Å². The molecule has 1 amide bonds. The average molecular weight is 321 g/mol. The number of aromatic nitrogens is 2. The normalized spacial score (nSPS) is 14.4. The molecule has 24 heavy (non-hydrogen) atoms. The molecule has 0 bridgehead atoms. The van der Waals surface area contributed by atoms with Crippen LogP contribution in [0.15, 0.2) is 59.7 Å². The van der Waals surface area contributed by atoms with Crippen molar-refractivity contribution in [2.75, 3.05) is 13.1 Å². The number of hydrogen-bond donors (Lipinski definition) is 1. The van der Waals surface area contributed by atoms with Crippen LogP contribution in [0, 0.1) is 0 Å². The molecule has 1 fully saturated rings. The number of pyridine rings is 2. The van der Waals surface area contributed by atoms with Gasteiger partial charge in [0, 0.05) is 23.2 Å². The van der Waals surface area contributed by atoms with Crippen molar-refractivity contribution in [1.29, 1.82) is 0 Å². The lowest BCUT2D eigenvalue weighted by Gasteiger charge is -2.39. The lowest BCUT2D eigenvalue weighted by Crippen LogP contribution is -2.56. The Morgan fingerprint density at radius 2 is 2.04 bits per heavy atom. The Morgan fingerprint density at radius 3 is 2.83 bits per heavy atom. The van der Waals surface area contributed by atoms with Crippen molar-refractivity contribution >= 4 is 16.8 Å². The minimum Gasteiger partial charge on any atom is -0.485 e. The summed E-state index contributed by atoms with van der Waals surface area (Å²) in [5, 5.41) is 0.749. The summed E-state index contributed by atoms with van der Waals surface area (Å²) < 4.78 is 5.75. The van der Waals surface area contributed by atoms with Crippen LogP contribution in [0.2, 0.25) is 0 Å². The Kier molecular flexibility index (Phi) is 3.49. The van der Waals surface area contributed by atoms with Crippen LogP contribution in [-0.2, 0) is 0 Å². The van der Waals surface area contributed by atoms with Crippen LogP contribution in [0.3, 0.4) is 0 Å². The highest BCUT2D eigenvalue weighted by atomic mass is 16.5. The predicted molar refractivity (Wildman–Crippen MR) is 89.1 cm³/mol. The number of benzene rings is 1. The highest BCUT2D eigenvalue weighted by Crippen LogP contribution is 2.22. The van der Waals surface area contributed by atoms with E-state index in [-0.39, 0.29) is 17.6 Å². The number of ether oxygens (including phenoxy) is 1. The van der Waals surface area contributed by atoms with Crippen molar-refractivity contribution in [1.82, 2.24) is 14.9 Å². The van der Waals surface area contributed by atoms with Crippen LogP contribution in [0.4, 0.5) is 0 Å². The summed E-state index contributed by atoms with van der Waals surface area (Å²) in [5.41, 5.74) is 0.812. The van der Waals surface area contributed by atoms with E-state index in [0.29, 0.717) is 29.9 Å². The maximum Gasteiger partial charge on any atom is 0.255 e. The molecule has 1 aliphatic rings. The smallest absolute Gasteiger partial charge is 0.255 e. The lowest BCUT2D eigenvalue weighted by atomic mass is 10.0. The standard InChI is InChI=1S/C18H15N3O3/c22-17-8-15(14-5-1-2-6-16(14)20-17)18(23)21-10-13(11-21)24-12-4-3-7-19-9-12/h1-9,13H,10-11H2,(H,20,22). The second kappa shape index (κ2) is 5.81. The van der Waals surface area contributed by atoms with E-state index in [1.54, 1.807) is 29.4 Å². The Morgan fingerprint density at radius 1 is 1.21 bits per heavy atom. The van der Waals surface area contributed by atoms with E-state index in [0.717, 1.165) is 5.39 Å². The third-order valence-electron chi connectivity index (χ3n) is 4.05. The number of rotatable bonds is 3. The number of likely N-dealkylation sites (tertiary alicyclic amines) is 1. The van der Waals surface area contributed by atoms with Crippen LogP contribution in [-0.4, -0.2) is 40.0 Å². The van der Waals surface area contributed by atoms with Gasteiger partial charge >= 0.3 is 0 Å². The van der Waals surface area contributed by atoms with Crippen LogP contribution in [0.1, 0.15) is 10.4 Å². The zero-order chi connectivity index (χ0) is 16.5. The van der Waals surface area contributed by atoms with Gasteiger partial charge in [-0.15, -0.1) is 0 Å². The topological polar surface area (TPSA) is 75.3 Å². The Hall–Kier alpha value is -3.15. The van der Waals surface area contributed by atoms with Crippen molar-refractivity contribution in [3.63, 3.8) is 0 Å². The van der Waals surface area contributed by atoms with Crippen molar-refractivity contribution in [3.8, 4) is 5.75 Å². The first kappa shape index (κ1) is 14.4. The van der Waals surface area contributed by atoms with Gasteiger partial charge in [-0.05, 0) is 18.2 Å². The van der Waals surface area contributed by atoms with Gasteiger partial charge in [0.2, 0.25) is 5.56 Å². The highest BCUT2D eigenvalue weighted by Gasteiger charge is 2.33. The van der Waals surface area contributed by atoms with E-state index in [1.165, 1.54) is 6.07 Å². The first-order chi connectivity index (χ1) is 11.7. The summed E-state index contributed by atoms with van der Waals surface area (Å²) in [5.74, 6) is 0.541. The molecule has 4 rings (SSSR count). The van der Waals surface area contributed by atoms with Gasteiger partial charge in [0.1, 0.15) is 11.9 Å². The molecule has 1 saturated heterocycles. The first-order valence-electron chi connectivity index (χ1n) is 7.69. The fourth-order valence-electron chi connectivity index (χ4n) is 2.84. The fraction of sp³-hybridized carbons (Fsp3) is 0.167. The van der Waals surface area contributed by atoms with E-state index in [4.69, 9.17) is 4.74 Å². The van der Waals surface area contributed by atoms with Crippen molar-refractivity contribution in [2.45, 2.75) is 6.10 Å². The molecule has 1 aromatic carbocycles. The second-order valence-electron chi connectivity index (χ2n) is 5.73. The number of nitrogens with one attached hydrogen (secondary N) is 1. The number of para-hydroxylation sites is 1. The number of hydrogen-bond acceptors (Lipinski definition) is 4. The van der Waals surface area contributed by atoms with Gasteiger partial charge in [-0.3, -0.25) is 14.6 Å². The fourth-order valence-corrected chi connectivity index (χ4v) is 2.84. The largest absolute Gasteiger partial charge is 0.485 e. The molecule has 1 aliphatic heterocycles. The number of carbonyl (C=O) groups excluding carboxylic acids is 1. The van der Waals surface area contributed by atoms with Crippen molar-refractivity contribution in [3.05, 3.63) is 70.8 Å². The number of aromatic amines is 1. The third kappa shape index (κ3) is 2.62. The molecule has 2 aromatic heterocycles. The van der Waals surface area contributed by atoms with E-state index in [2.05, 4.69) is 9.97 Å². The van der Waals surface area contributed by atoms with Crippen molar-refractivity contribution < 1.29 is 9.53 Å². The number of carbonyl (C=O) groups is 1. The molecule has 6 heteroatoms. The molecule has 3 aromatic rings. The molecule has 0 aliphatic carbocycles. The Balaban J connectivity index is 1.51. The summed E-state index contributed by atoms with van der Waals surface area (Å²) >= 11 is 0. The van der Waals surface area contributed by atoms with Gasteiger partial charge in [0.25, 0.3) is 5.91 Å². The van der Waals surface area contributed by atoms with Crippen molar-refractivity contribution in [2.24, 2.45) is 0 Å². The molecule has 0 spiro atoms. The third-order valence-corrected chi connectivity index (χ3v) is 4.05. The van der Waals surface area contributed by atoms with Gasteiger partial charge in [-0.1, -0.05) is 18.2 Å². The zero-order valence-corrected chi connectivity index (χ0v) is 12.8. The molecular formula is C18H15N3O3. The van der Waals surface area contributed by atoms with Gasteiger partial charge in [0.05, 0.1) is 24.8 Å². The minimum absolute atomic E-state index is 0.0496. The number of H-pyrrole nitrogens is 1. The van der Waals surface area contributed by atoms with E-state index >= 15 is 0 Å². The lowest BCUT2D eigenvalue weighted by molar-refractivity contribution is 0.0178. The summed E-state index contributed by atoms with van der Waals surface area (Å²) in [6.07, 6.45) is 3.28. The molecule has 0 atom stereocenters. The van der Waals surface area contributed by atoms with Crippen LogP contribution >= 0.6 is 0 Å². The average Bonchev–Trinajstić information content (AvgIpc) is 2.57. The Labute approximate surface area is 137 Å². The van der Waals surface area contributed by atoms with E-state index < -0.39 is 0 Å². The Bertz CT molecular complexity index is 946. The number of fused-ring (bicyclic) bond motifs is 1. The van der Waals surface area contributed by atoms with Crippen LogP contribution in [0.25, 0.3) is 10.9 Å². The molecular weight excluding hydrogens is 306 g/mol. The SMILES string of the molecule is O=C(c1cc(=O)[nH]c2ccccc12)N1CC(Oc2cccnc2)C1. The number of amides is 1. The predicted octanol–water partition coefficient (Wildman–Crippen LogP) is 1.83. The zero-order valence-electron chi connectivity index (χ0n) is 12.8. The minimum atomic E-state index is -0.277. The number of nitrogens with zero attached hydrogens (tertiary/aromatic N) is 2. The van der Waals surface area contributed by atoms with E-state index in [1.807, 2.05) is 24.3 Å². The molecule has 0 saturated carbocycles. The van der Waals surface area contributed by atoms with Crippen LogP contribution in [0.5, 0.6) is 5.75 Å². The van der Waals surface area contributed by atoms with Gasteiger partial charge in [-0.2, -0.15) is 0 Å². The molecule has 120 valence electrons. The van der Waals surface area contributed by atoms with Gasteiger partial charge < -0.3 is 14.6 Å². The summed E-state index contributed by atoms with van der Waals surface area (Å²) in [6, 6.07) is 12.3. The van der Waals surface area contributed by atoms with Crippen LogP contribution < -0.4 is 10.3 Å². The maximum atomic E-state index is 12.7. The molecule has 3 heterocycles. The molecule has 1 N–H and O–H groups in total. The monoisotopic (exact) mass is 321 g/mol. The molecule has 6 nitrogen and oxygen atoms in total. The second-order valence-corrected chi connectivity index (χ2v) is 5.73. The summed E-state index contributed by atoms with van der Waals surface area (Å²) in [4.78, 5) is 32.9. The maximum absolute atomic E-state index is 12.7. The first-order valence-corrected chi connectivity index (χ1v) is 7.69. The summed E-state index contributed by atoms with van der Waals surface area (Å²) in [6.45, 7) is 0.990. The van der Waals surface area contributed by atoms with E-state index in [9.17, 15) is 9.59 Å². The quantitative estimate of drug-likeness (QED) is 0.798. The molecule has 0 radical (unpaired) electrons. The highest BCUT2D eigenvalue weighted by molar-refractivity contribution is 6.06. The molecule has 0 unspecified atom stereocenters. The summed E-state index contributed by atoms with van der Waals surface area (Å²) in [7, 11) is 0. The van der Waals surface area contributed by atoms with Gasteiger partial charge in [-0.25, -0.2) is 0 Å².